The van der Waals surface area contributed by atoms with Gasteiger partial charge >= 0.3 is 6.03 Å². The third-order valence-electron chi connectivity index (χ3n) is 5.02. The number of aromatic nitrogens is 2. The molecule has 2 heterocycles. The van der Waals surface area contributed by atoms with Crippen LogP contribution in [0.4, 0.5) is 14.9 Å². The molecule has 0 aliphatic carbocycles. The number of carbonyl (C=O) groups is 2. The summed E-state index contributed by atoms with van der Waals surface area (Å²) in [5.74, 6) is -1.47. The Hall–Kier alpha value is -3.81. The molecule has 1 aliphatic heterocycles. The highest BCUT2D eigenvalue weighted by molar-refractivity contribution is 6.06. The molecule has 0 spiro atoms. The van der Waals surface area contributed by atoms with Crippen molar-refractivity contribution >= 4 is 23.8 Å². The van der Waals surface area contributed by atoms with Gasteiger partial charge in [0.2, 0.25) is 5.91 Å². The summed E-state index contributed by atoms with van der Waals surface area (Å²) < 4.78 is 13.3. The third-order valence-corrected chi connectivity index (χ3v) is 5.02. The number of urea groups is 1. The maximum Gasteiger partial charge on any atom is 0.341 e. The van der Waals surface area contributed by atoms with Gasteiger partial charge in [-0.1, -0.05) is 24.3 Å². The number of H-pyrrole nitrogens is 1. The van der Waals surface area contributed by atoms with Crippen LogP contribution in [0.15, 0.2) is 53.5 Å². The van der Waals surface area contributed by atoms with Crippen LogP contribution in [-0.4, -0.2) is 28.4 Å². The van der Waals surface area contributed by atoms with E-state index < -0.39 is 23.8 Å². The Bertz CT molecular complexity index is 1140. The molecule has 30 heavy (non-hydrogen) atoms. The summed E-state index contributed by atoms with van der Waals surface area (Å²) >= 11 is 0. The van der Waals surface area contributed by atoms with E-state index in [0.29, 0.717) is 11.3 Å². The van der Waals surface area contributed by atoms with E-state index in [4.69, 9.17) is 0 Å². The number of aromatic amines is 1. The van der Waals surface area contributed by atoms with Gasteiger partial charge in [0.25, 0.3) is 0 Å². The monoisotopic (exact) mass is 405 g/mol. The van der Waals surface area contributed by atoms with Gasteiger partial charge in [0.15, 0.2) is 0 Å². The van der Waals surface area contributed by atoms with E-state index in [0.717, 1.165) is 22.5 Å². The number of benzene rings is 2. The van der Waals surface area contributed by atoms with Crippen LogP contribution in [0.2, 0.25) is 0 Å². The lowest BCUT2D eigenvalue weighted by molar-refractivity contribution is -0.118. The van der Waals surface area contributed by atoms with Crippen molar-refractivity contribution in [1.82, 2.24) is 15.5 Å². The van der Waals surface area contributed by atoms with Gasteiger partial charge < -0.3 is 10.6 Å². The Labute approximate surface area is 172 Å². The van der Waals surface area contributed by atoms with Crippen molar-refractivity contribution < 1.29 is 14.0 Å². The predicted octanol–water partition coefficient (Wildman–Crippen LogP) is 3.92. The van der Waals surface area contributed by atoms with Gasteiger partial charge in [0, 0.05) is 23.2 Å². The zero-order valence-electron chi connectivity index (χ0n) is 16.4. The van der Waals surface area contributed by atoms with Crippen molar-refractivity contribution in [1.29, 1.82) is 0 Å². The van der Waals surface area contributed by atoms with E-state index in [2.05, 4.69) is 25.8 Å². The average Bonchev–Trinajstić information content (AvgIpc) is 3.16. The number of carbonyl (C=O) groups excluding carboxylic acids is 2. The van der Waals surface area contributed by atoms with Crippen LogP contribution in [-0.2, 0) is 4.79 Å². The van der Waals surface area contributed by atoms with Crippen LogP contribution in [0.5, 0.6) is 0 Å². The number of aryl methyl sites for hydroxylation is 2. The Morgan fingerprint density at radius 3 is 2.57 bits per heavy atom. The molecule has 8 heteroatoms. The highest BCUT2D eigenvalue weighted by atomic mass is 19.1. The Kier molecular flexibility index (Phi) is 5.14. The lowest BCUT2D eigenvalue weighted by atomic mass is 9.91. The van der Waals surface area contributed by atoms with E-state index >= 15 is 0 Å². The van der Waals surface area contributed by atoms with Crippen molar-refractivity contribution in [2.45, 2.75) is 19.9 Å². The van der Waals surface area contributed by atoms with Crippen molar-refractivity contribution in [2.24, 2.45) is 10.9 Å². The number of nitrogens with zero attached hydrogens (tertiary/aromatic N) is 2. The molecule has 3 N–H and O–H groups in total. The van der Waals surface area contributed by atoms with E-state index in [1.165, 1.54) is 18.3 Å². The quantitative estimate of drug-likeness (QED) is 0.613. The summed E-state index contributed by atoms with van der Waals surface area (Å²) in [6.07, 6.45) is 1.33. The molecule has 7 nitrogen and oxygen atoms in total. The molecule has 0 bridgehead atoms. The first-order valence-electron chi connectivity index (χ1n) is 9.45. The fourth-order valence-electron chi connectivity index (χ4n) is 3.37. The summed E-state index contributed by atoms with van der Waals surface area (Å²) in [6.45, 7) is 3.81. The predicted molar refractivity (Wildman–Crippen MR) is 112 cm³/mol. The number of rotatable bonds is 4. The van der Waals surface area contributed by atoms with Gasteiger partial charge in [-0.25, -0.2) is 14.2 Å². The number of hydrogen-bond acceptors (Lipinski definition) is 3. The van der Waals surface area contributed by atoms with Gasteiger partial charge in [-0.15, -0.1) is 0 Å². The smallest absolute Gasteiger partial charge is 0.328 e. The molecule has 4 rings (SSSR count). The summed E-state index contributed by atoms with van der Waals surface area (Å²) in [5.41, 5.74) is 4.72. The van der Waals surface area contributed by atoms with Crippen LogP contribution < -0.4 is 10.6 Å². The zero-order valence-corrected chi connectivity index (χ0v) is 16.4. The van der Waals surface area contributed by atoms with Crippen LogP contribution in [0.1, 0.15) is 22.9 Å². The van der Waals surface area contributed by atoms with Gasteiger partial charge in [-0.05, 0) is 49.2 Å². The number of anilines is 1. The number of amides is 3. The summed E-state index contributed by atoms with van der Waals surface area (Å²) in [4.78, 5) is 28.6. The second-order valence-corrected chi connectivity index (χ2v) is 7.24. The molecule has 0 saturated carbocycles. The first-order valence-corrected chi connectivity index (χ1v) is 9.45. The van der Waals surface area contributed by atoms with Crippen molar-refractivity contribution in [3.05, 3.63) is 71.2 Å². The molecule has 1 unspecified atom stereocenters. The molecule has 152 valence electrons. The van der Waals surface area contributed by atoms with Crippen LogP contribution in [0.25, 0.3) is 11.3 Å². The second kappa shape index (κ2) is 7.90. The standard InChI is InChI=1S/C22H20FN5O2/c1-12-3-4-15(19-9-13(2)27-28-19)10-18(12)25-21(29)17-11-24-22(30)26-20(17)14-5-7-16(23)8-6-14/h3-11,17,20H,1-2H3,(H,25,29)(H,26,30)(H,27,28)/t17?,20-/m0/s1. The number of aliphatic imine (C=N–C) groups is 1. The lowest BCUT2D eigenvalue weighted by Gasteiger charge is -2.27. The van der Waals surface area contributed by atoms with Crippen LogP contribution in [0.3, 0.4) is 0 Å². The van der Waals surface area contributed by atoms with Crippen molar-refractivity contribution in [2.75, 3.05) is 5.32 Å². The Morgan fingerprint density at radius 2 is 1.87 bits per heavy atom. The first kappa shape index (κ1) is 19.5. The molecule has 0 saturated heterocycles. The first-order chi connectivity index (χ1) is 14.4. The van der Waals surface area contributed by atoms with Crippen molar-refractivity contribution in [3.8, 4) is 11.3 Å². The van der Waals surface area contributed by atoms with Crippen molar-refractivity contribution in [3.63, 3.8) is 0 Å². The van der Waals surface area contributed by atoms with Crippen LogP contribution in [0, 0.1) is 25.6 Å². The largest absolute Gasteiger partial charge is 0.341 e. The fourth-order valence-corrected chi connectivity index (χ4v) is 3.37. The lowest BCUT2D eigenvalue weighted by Crippen LogP contribution is -2.42. The molecule has 1 aliphatic rings. The Balaban J connectivity index is 1.61. The molecular weight excluding hydrogens is 385 g/mol. The second-order valence-electron chi connectivity index (χ2n) is 7.24. The van der Waals surface area contributed by atoms with Gasteiger partial charge in [0.1, 0.15) is 5.82 Å². The molecule has 3 amide bonds. The summed E-state index contributed by atoms with van der Waals surface area (Å²) in [6, 6.07) is 12.1. The minimum absolute atomic E-state index is 0.327. The van der Waals surface area contributed by atoms with Gasteiger partial charge in [-0.2, -0.15) is 5.10 Å². The highest BCUT2D eigenvalue weighted by Gasteiger charge is 2.33. The number of nitrogens with one attached hydrogen (secondary N) is 3. The number of hydrogen-bond donors (Lipinski definition) is 3. The van der Waals surface area contributed by atoms with Crippen LogP contribution >= 0.6 is 0 Å². The molecule has 0 fully saturated rings. The normalized spacial score (nSPS) is 18.2. The van der Waals surface area contributed by atoms with E-state index in [9.17, 15) is 14.0 Å². The summed E-state index contributed by atoms with van der Waals surface area (Å²) in [7, 11) is 0. The molecule has 0 radical (unpaired) electrons. The van der Waals surface area contributed by atoms with Gasteiger partial charge in [-0.3, -0.25) is 9.89 Å². The topological polar surface area (TPSA) is 99.2 Å². The maximum absolute atomic E-state index is 13.3. The maximum atomic E-state index is 13.3. The minimum atomic E-state index is -0.746. The minimum Gasteiger partial charge on any atom is -0.328 e. The third kappa shape index (κ3) is 3.98. The zero-order chi connectivity index (χ0) is 21.3. The van der Waals surface area contributed by atoms with E-state index in [1.54, 1.807) is 12.1 Å². The average molecular weight is 405 g/mol. The number of halogens is 1. The molecular formula is C22H20FN5O2. The molecule has 1 aromatic heterocycles. The van der Waals surface area contributed by atoms with Gasteiger partial charge in [0.05, 0.1) is 17.7 Å². The SMILES string of the molecule is Cc1cc(-c2ccc(C)c(NC(=O)C3C=NC(=O)N[C@H]3c3ccc(F)cc3)c2)n[nH]1. The fraction of sp³-hybridized carbons (Fsp3) is 0.182. The van der Waals surface area contributed by atoms with E-state index in [1.807, 2.05) is 38.1 Å². The highest BCUT2D eigenvalue weighted by Crippen LogP contribution is 2.28. The molecule has 2 atom stereocenters. The van der Waals surface area contributed by atoms with E-state index in [-0.39, 0.29) is 5.91 Å². The molecule has 3 aromatic rings. The summed E-state index contributed by atoms with van der Waals surface area (Å²) in [5, 5.41) is 12.8. The Morgan fingerprint density at radius 1 is 1.10 bits per heavy atom. The molecule has 2 aromatic carbocycles.